The number of hydrogen-bond acceptors (Lipinski definition) is 7. The Hall–Kier alpha value is -4.27. The first-order valence-electron chi connectivity index (χ1n) is 10.9. The Morgan fingerprint density at radius 2 is 2.00 bits per heavy atom. The number of amides is 2. The highest BCUT2D eigenvalue weighted by Crippen LogP contribution is 2.19. The van der Waals surface area contributed by atoms with Crippen molar-refractivity contribution in [1.82, 2.24) is 35.0 Å². The summed E-state index contributed by atoms with van der Waals surface area (Å²) in [5, 5.41) is 24.0. The molecule has 0 aliphatic carbocycles. The Morgan fingerprint density at radius 3 is 2.82 bits per heavy atom. The molecule has 0 saturated carbocycles. The molecular weight excluding hydrogens is 443 g/mol. The normalized spacial score (nSPS) is 15.2. The summed E-state index contributed by atoms with van der Waals surface area (Å²) >= 11 is 0. The second-order valence-electron chi connectivity index (χ2n) is 8.18. The maximum Gasteiger partial charge on any atom is 0.410 e. The van der Waals surface area contributed by atoms with Gasteiger partial charge in [0, 0.05) is 38.2 Å². The maximum absolute atomic E-state index is 13.7. The van der Waals surface area contributed by atoms with Crippen LogP contribution in [-0.4, -0.2) is 66.6 Å². The molecule has 0 fully saturated rings. The Labute approximate surface area is 193 Å². The molecular formula is C22H21FN8O3. The van der Waals surface area contributed by atoms with Crippen molar-refractivity contribution in [2.45, 2.75) is 32.5 Å². The lowest BCUT2D eigenvalue weighted by Gasteiger charge is -2.24. The maximum atomic E-state index is 13.7. The molecule has 1 N–H and O–H groups in total. The van der Waals surface area contributed by atoms with E-state index in [-0.39, 0.29) is 18.1 Å². The van der Waals surface area contributed by atoms with Gasteiger partial charge in [-0.2, -0.15) is 10.4 Å². The standard InChI is InChI=1S/C22H21FN8O3/c23-17-9-14(1-2-15(17)11-24)13-34-22(33)29-5-3-16-10-19(27-31(16)8-7-29)21(32)30-6-4-18-20(12-30)26-28-25-18/h1-2,9-10H,3-8,12-13H2,(H,25,26,28). The molecule has 4 heterocycles. The van der Waals surface area contributed by atoms with Crippen LogP contribution in [0.3, 0.4) is 0 Å². The highest BCUT2D eigenvalue weighted by atomic mass is 19.1. The van der Waals surface area contributed by atoms with Gasteiger partial charge in [0.15, 0.2) is 5.69 Å². The highest BCUT2D eigenvalue weighted by Gasteiger charge is 2.28. The summed E-state index contributed by atoms with van der Waals surface area (Å²) in [7, 11) is 0. The van der Waals surface area contributed by atoms with E-state index in [0.717, 1.165) is 17.1 Å². The molecule has 11 nitrogen and oxygen atoms in total. The third kappa shape index (κ3) is 4.19. The minimum Gasteiger partial charge on any atom is -0.445 e. The summed E-state index contributed by atoms with van der Waals surface area (Å²) in [6, 6.07) is 7.63. The van der Waals surface area contributed by atoms with E-state index in [1.165, 1.54) is 12.1 Å². The number of fused-ring (bicyclic) bond motifs is 2. The quantitative estimate of drug-likeness (QED) is 0.619. The van der Waals surface area contributed by atoms with Gasteiger partial charge in [0.1, 0.15) is 24.2 Å². The van der Waals surface area contributed by atoms with E-state index in [0.29, 0.717) is 56.8 Å². The summed E-state index contributed by atoms with van der Waals surface area (Å²) in [4.78, 5) is 28.7. The van der Waals surface area contributed by atoms with Crippen molar-refractivity contribution in [3.8, 4) is 6.07 Å². The van der Waals surface area contributed by atoms with Gasteiger partial charge in [0.2, 0.25) is 0 Å². The number of nitriles is 1. The largest absolute Gasteiger partial charge is 0.445 e. The molecule has 2 aromatic heterocycles. The summed E-state index contributed by atoms with van der Waals surface area (Å²) in [5.74, 6) is -0.798. The number of hydrogen-bond donors (Lipinski definition) is 1. The van der Waals surface area contributed by atoms with Crippen molar-refractivity contribution in [2.24, 2.45) is 0 Å². The molecule has 0 saturated heterocycles. The van der Waals surface area contributed by atoms with Crippen LogP contribution in [0.1, 0.15) is 38.7 Å². The molecule has 2 aliphatic heterocycles. The summed E-state index contributed by atoms with van der Waals surface area (Å²) in [6.07, 6.45) is 0.686. The first-order chi connectivity index (χ1) is 16.5. The van der Waals surface area contributed by atoms with Crippen molar-refractivity contribution >= 4 is 12.0 Å². The third-order valence-corrected chi connectivity index (χ3v) is 6.04. The third-order valence-electron chi connectivity index (χ3n) is 6.04. The molecule has 12 heteroatoms. The van der Waals surface area contributed by atoms with E-state index in [1.54, 1.807) is 32.7 Å². The molecule has 3 aromatic rings. The van der Waals surface area contributed by atoms with E-state index in [1.807, 2.05) is 0 Å². The van der Waals surface area contributed by atoms with Crippen LogP contribution < -0.4 is 0 Å². The summed E-state index contributed by atoms with van der Waals surface area (Å²) in [6.45, 7) is 2.08. The fourth-order valence-corrected chi connectivity index (χ4v) is 4.13. The van der Waals surface area contributed by atoms with Gasteiger partial charge in [-0.05, 0) is 23.8 Å². The Bertz CT molecular complexity index is 1270. The van der Waals surface area contributed by atoms with Crippen molar-refractivity contribution in [1.29, 1.82) is 5.26 Å². The first kappa shape index (κ1) is 21.6. The smallest absolute Gasteiger partial charge is 0.410 e. The van der Waals surface area contributed by atoms with E-state index in [2.05, 4.69) is 20.5 Å². The van der Waals surface area contributed by atoms with Gasteiger partial charge in [0.25, 0.3) is 5.91 Å². The molecule has 0 atom stereocenters. The minimum absolute atomic E-state index is 0.0574. The Balaban J connectivity index is 1.17. The number of rotatable bonds is 3. The lowest BCUT2D eigenvalue weighted by Crippen LogP contribution is -2.36. The monoisotopic (exact) mass is 464 g/mol. The van der Waals surface area contributed by atoms with Crippen molar-refractivity contribution in [2.75, 3.05) is 19.6 Å². The van der Waals surface area contributed by atoms with Crippen LogP contribution in [0.4, 0.5) is 9.18 Å². The average Bonchev–Trinajstić information content (AvgIpc) is 3.44. The molecule has 0 spiro atoms. The second kappa shape index (κ2) is 8.93. The minimum atomic E-state index is -0.646. The molecule has 2 amide bonds. The fourth-order valence-electron chi connectivity index (χ4n) is 4.13. The van der Waals surface area contributed by atoms with Gasteiger partial charge >= 0.3 is 6.09 Å². The highest BCUT2D eigenvalue weighted by molar-refractivity contribution is 5.92. The molecule has 0 unspecified atom stereocenters. The van der Waals surface area contributed by atoms with E-state index in [9.17, 15) is 14.0 Å². The molecule has 0 bridgehead atoms. The zero-order valence-corrected chi connectivity index (χ0v) is 18.2. The van der Waals surface area contributed by atoms with E-state index in [4.69, 9.17) is 10.00 Å². The number of carbonyl (C=O) groups is 2. The van der Waals surface area contributed by atoms with Crippen LogP contribution in [0.25, 0.3) is 0 Å². The number of carbonyl (C=O) groups excluding carboxylic acids is 2. The van der Waals surface area contributed by atoms with E-state index >= 15 is 0 Å². The summed E-state index contributed by atoms with van der Waals surface area (Å²) < 4.78 is 20.8. The first-order valence-corrected chi connectivity index (χ1v) is 10.9. The fraction of sp³-hybridized carbons (Fsp3) is 0.364. The second-order valence-corrected chi connectivity index (χ2v) is 8.18. The number of nitrogens with one attached hydrogen (secondary N) is 1. The SMILES string of the molecule is N#Cc1ccc(COC(=O)N2CCc3cc(C(=O)N4CCc5[nH]nnc5C4)nn3CC2)cc1F. The predicted molar refractivity (Wildman–Crippen MR) is 114 cm³/mol. The number of ether oxygens (including phenoxy) is 1. The van der Waals surface area contributed by atoms with Gasteiger partial charge in [-0.3, -0.25) is 14.6 Å². The lowest BCUT2D eigenvalue weighted by atomic mass is 10.1. The zero-order valence-electron chi connectivity index (χ0n) is 18.2. The van der Waals surface area contributed by atoms with Gasteiger partial charge < -0.3 is 14.5 Å². The van der Waals surface area contributed by atoms with Crippen LogP contribution in [0, 0.1) is 17.1 Å². The van der Waals surface area contributed by atoms with Gasteiger partial charge in [-0.15, -0.1) is 5.10 Å². The Morgan fingerprint density at radius 1 is 1.15 bits per heavy atom. The number of aromatic amines is 1. The van der Waals surface area contributed by atoms with Crippen LogP contribution in [0.15, 0.2) is 24.3 Å². The van der Waals surface area contributed by atoms with Crippen molar-refractivity contribution in [3.63, 3.8) is 0 Å². The van der Waals surface area contributed by atoms with Crippen molar-refractivity contribution < 1.29 is 18.7 Å². The van der Waals surface area contributed by atoms with Crippen molar-refractivity contribution in [3.05, 3.63) is 64.0 Å². The number of nitrogens with zero attached hydrogens (tertiary/aromatic N) is 7. The van der Waals surface area contributed by atoms with E-state index < -0.39 is 11.9 Å². The van der Waals surface area contributed by atoms with Gasteiger partial charge in [0.05, 0.1) is 24.3 Å². The summed E-state index contributed by atoms with van der Waals surface area (Å²) in [5.41, 5.74) is 3.39. The number of benzene rings is 1. The predicted octanol–water partition coefficient (Wildman–Crippen LogP) is 1.41. The average molecular weight is 464 g/mol. The van der Waals surface area contributed by atoms with Crippen LogP contribution in [-0.2, 0) is 37.3 Å². The molecule has 1 aromatic carbocycles. The lowest BCUT2D eigenvalue weighted by molar-refractivity contribution is 0.0723. The van der Waals surface area contributed by atoms with Crippen LogP contribution in [0.5, 0.6) is 0 Å². The molecule has 174 valence electrons. The molecule has 5 rings (SSSR count). The zero-order chi connectivity index (χ0) is 23.7. The number of halogens is 1. The molecule has 34 heavy (non-hydrogen) atoms. The molecule has 0 radical (unpaired) electrons. The number of H-pyrrole nitrogens is 1. The van der Waals surface area contributed by atoms with Crippen LogP contribution in [0.2, 0.25) is 0 Å². The Kier molecular flexibility index (Phi) is 5.67. The van der Waals surface area contributed by atoms with Gasteiger partial charge in [-0.25, -0.2) is 9.18 Å². The van der Waals surface area contributed by atoms with Gasteiger partial charge in [-0.1, -0.05) is 11.3 Å². The topological polar surface area (TPSA) is 133 Å². The number of aromatic nitrogens is 5. The van der Waals surface area contributed by atoms with Crippen LogP contribution >= 0.6 is 0 Å². The molecule has 2 aliphatic rings.